The van der Waals surface area contributed by atoms with E-state index in [0.717, 1.165) is 21.9 Å². The first-order valence-electron chi connectivity index (χ1n) is 8.06. The van der Waals surface area contributed by atoms with Gasteiger partial charge in [0.25, 0.3) is 5.91 Å². The van der Waals surface area contributed by atoms with Gasteiger partial charge in [0, 0.05) is 28.6 Å². The largest absolute Gasteiger partial charge is 0.348 e. The van der Waals surface area contributed by atoms with Crippen LogP contribution in [0.1, 0.15) is 34.5 Å². The average molecular weight is 355 g/mol. The average Bonchev–Trinajstić information content (AvgIpc) is 3.32. The van der Waals surface area contributed by atoms with Gasteiger partial charge < -0.3 is 10.6 Å². The lowest BCUT2D eigenvalue weighted by molar-refractivity contribution is 0.0931. The molecule has 2 saturated heterocycles. The maximum atomic E-state index is 12.4. The second kappa shape index (κ2) is 6.60. The maximum absolute atomic E-state index is 12.4. The summed E-state index contributed by atoms with van der Waals surface area (Å²) in [6, 6.07) is 14.9. The zero-order valence-corrected chi connectivity index (χ0v) is 14.6. The van der Waals surface area contributed by atoms with Crippen molar-refractivity contribution in [2.75, 3.05) is 0 Å². The fourth-order valence-corrected chi connectivity index (χ4v) is 5.36. The predicted molar refractivity (Wildman–Crippen MR) is 95.4 cm³/mol. The second-order valence-corrected chi connectivity index (χ2v) is 8.68. The smallest absolute Gasteiger partial charge is 0.251 e. The van der Waals surface area contributed by atoms with Gasteiger partial charge in [0.1, 0.15) is 10.9 Å². The first-order valence-corrected chi connectivity index (χ1v) is 9.69. The van der Waals surface area contributed by atoms with Crippen molar-refractivity contribution in [2.24, 2.45) is 0 Å². The molecule has 2 aliphatic rings. The number of nitrogens with one attached hydrogen (secondary N) is 2. The molecular formula is C18H17N3OS2. The first kappa shape index (κ1) is 15.7. The van der Waals surface area contributed by atoms with Gasteiger partial charge in [-0.2, -0.15) is 5.26 Å². The minimum atomic E-state index is 0.00814. The summed E-state index contributed by atoms with van der Waals surface area (Å²) in [5.41, 5.74) is 0.700. The number of fused-ring (bicyclic) bond motifs is 2. The van der Waals surface area contributed by atoms with Gasteiger partial charge in [-0.3, -0.25) is 4.79 Å². The third kappa shape index (κ3) is 3.20. The van der Waals surface area contributed by atoms with E-state index in [0.29, 0.717) is 22.5 Å². The summed E-state index contributed by atoms with van der Waals surface area (Å²) in [6.45, 7) is 0. The SMILES string of the molecule is N#Cc1ccc(Sc2ccc(C(=O)NC3CC4CCC3N4)cc2)s1. The molecule has 2 aromatic rings. The van der Waals surface area contributed by atoms with Crippen LogP contribution in [-0.4, -0.2) is 24.0 Å². The zero-order valence-electron chi connectivity index (χ0n) is 13.0. The van der Waals surface area contributed by atoms with E-state index in [1.54, 1.807) is 11.8 Å². The highest BCUT2D eigenvalue weighted by Crippen LogP contribution is 2.33. The lowest BCUT2D eigenvalue weighted by Gasteiger charge is -2.21. The molecule has 2 fully saturated rings. The van der Waals surface area contributed by atoms with Crippen molar-refractivity contribution in [3.05, 3.63) is 46.8 Å². The standard InChI is InChI=1S/C18H17N3OS2/c19-10-14-6-8-17(24-14)23-13-4-1-11(2-5-13)18(22)21-16-9-12-3-7-15(16)20-12/h1-2,4-6,8,12,15-16,20H,3,7,9H2,(H,21,22). The molecule has 3 atom stereocenters. The van der Waals surface area contributed by atoms with Crippen LogP contribution in [0, 0.1) is 11.3 Å². The molecule has 2 N–H and O–H groups in total. The van der Waals surface area contributed by atoms with Crippen LogP contribution in [0.25, 0.3) is 0 Å². The van der Waals surface area contributed by atoms with Gasteiger partial charge in [0.15, 0.2) is 0 Å². The highest BCUT2D eigenvalue weighted by molar-refractivity contribution is 8.01. The summed E-state index contributed by atoms with van der Waals surface area (Å²) in [6.07, 6.45) is 3.44. The Balaban J connectivity index is 1.38. The summed E-state index contributed by atoms with van der Waals surface area (Å²) in [7, 11) is 0. The van der Waals surface area contributed by atoms with Gasteiger partial charge in [-0.1, -0.05) is 11.8 Å². The lowest BCUT2D eigenvalue weighted by atomic mass is 9.95. The topological polar surface area (TPSA) is 64.9 Å². The number of benzene rings is 1. The maximum Gasteiger partial charge on any atom is 0.251 e. The van der Waals surface area contributed by atoms with Crippen molar-refractivity contribution >= 4 is 29.0 Å². The number of hydrogen-bond donors (Lipinski definition) is 2. The Kier molecular flexibility index (Phi) is 4.31. The van der Waals surface area contributed by atoms with Crippen molar-refractivity contribution in [1.29, 1.82) is 5.26 Å². The van der Waals surface area contributed by atoms with Crippen LogP contribution in [0.2, 0.25) is 0 Å². The molecule has 2 aliphatic heterocycles. The van der Waals surface area contributed by atoms with Gasteiger partial charge in [-0.15, -0.1) is 11.3 Å². The number of thiophene rings is 1. The Bertz CT molecular complexity index is 793. The van der Waals surface area contributed by atoms with Crippen molar-refractivity contribution in [3.8, 4) is 6.07 Å². The molecule has 0 spiro atoms. The molecule has 0 saturated carbocycles. The first-order chi connectivity index (χ1) is 11.7. The molecule has 0 radical (unpaired) electrons. The van der Waals surface area contributed by atoms with Crippen molar-refractivity contribution in [2.45, 2.75) is 46.5 Å². The molecule has 122 valence electrons. The van der Waals surface area contributed by atoms with Gasteiger partial charge in [-0.25, -0.2) is 0 Å². The monoisotopic (exact) mass is 355 g/mol. The van der Waals surface area contributed by atoms with Gasteiger partial charge in [0.05, 0.1) is 4.21 Å². The van der Waals surface area contributed by atoms with E-state index < -0.39 is 0 Å². The van der Waals surface area contributed by atoms with E-state index in [4.69, 9.17) is 5.26 Å². The Morgan fingerprint density at radius 1 is 1.25 bits per heavy atom. The number of carbonyl (C=O) groups excluding carboxylic acids is 1. The van der Waals surface area contributed by atoms with Crippen LogP contribution >= 0.6 is 23.1 Å². The van der Waals surface area contributed by atoms with E-state index in [1.165, 1.54) is 17.8 Å². The fraction of sp³-hybridized carbons (Fsp3) is 0.333. The Labute approximate surface area is 149 Å². The van der Waals surface area contributed by atoms with Crippen LogP contribution in [0.5, 0.6) is 0 Å². The number of rotatable bonds is 4. The molecular weight excluding hydrogens is 338 g/mol. The molecule has 2 bridgehead atoms. The number of hydrogen-bond acceptors (Lipinski definition) is 5. The minimum absolute atomic E-state index is 0.00814. The Hall–Kier alpha value is -1.81. The minimum Gasteiger partial charge on any atom is -0.348 e. The molecule has 1 aromatic heterocycles. The van der Waals surface area contributed by atoms with Gasteiger partial charge in [0.2, 0.25) is 0 Å². The summed E-state index contributed by atoms with van der Waals surface area (Å²) in [4.78, 5) is 14.2. The summed E-state index contributed by atoms with van der Waals surface area (Å²) >= 11 is 3.09. The Morgan fingerprint density at radius 2 is 2.08 bits per heavy atom. The van der Waals surface area contributed by atoms with E-state index in [1.807, 2.05) is 36.4 Å². The van der Waals surface area contributed by atoms with Crippen LogP contribution in [0.4, 0.5) is 0 Å². The summed E-state index contributed by atoms with van der Waals surface area (Å²) < 4.78 is 1.08. The second-order valence-electron chi connectivity index (χ2n) is 6.22. The zero-order chi connectivity index (χ0) is 16.5. The Morgan fingerprint density at radius 3 is 2.71 bits per heavy atom. The molecule has 4 nitrogen and oxygen atoms in total. The number of carbonyl (C=O) groups is 1. The van der Waals surface area contributed by atoms with Crippen molar-refractivity contribution in [3.63, 3.8) is 0 Å². The van der Waals surface area contributed by atoms with Crippen LogP contribution in [0.3, 0.4) is 0 Å². The van der Waals surface area contributed by atoms with E-state index in [-0.39, 0.29) is 11.9 Å². The third-order valence-electron chi connectivity index (χ3n) is 4.64. The van der Waals surface area contributed by atoms with E-state index in [9.17, 15) is 4.79 Å². The van der Waals surface area contributed by atoms with Crippen LogP contribution in [-0.2, 0) is 0 Å². The number of nitrogens with zero attached hydrogens (tertiary/aromatic N) is 1. The molecule has 3 unspecified atom stereocenters. The normalized spacial score (nSPS) is 24.7. The van der Waals surface area contributed by atoms with Gasteiger partial charge >= 0.3 is 0 Å². The van der Waals surface area contributed by atoms with Crippen molar-refractivity contribution < 1.29 is 4.79 Å². The van der Waals surface area contributed by atoms with Crippen LogP contribution in [0.15, 0.2) is 45.5 Å². The summed E-state index contributed by atoms with van der Waals surface area (Å²) in [5.74, 6) is 0.00814. The van der Waals surface area contributed by atoms with Crippen LogP contribution < -0.4 is 10.6 Å². The van der Waals surface area contributed by atoms with E-state index >= 15 is 0 Å². The molecule has 4 rings (SSSR count). The fourth-order valence-electron chi connectivity index (χ4n) is 3.46. The number of amides is 1. The molecule has 24 heavy (non-hydrogen) atoms. The molecule has 3 heterocycles. The highest BCUT2D eigenvalue weighted by Gasteiger charge is 2.39. The third-order valence-corrected chi connectivity index (χ3v) is 6.77. The quantitative estimate of drug-likeness (QED) is 0.882. The molecule has 0 aliphatic carbocycles. The highest BCUT2D eigenvalue weighted by atomic mass is 32.2. The van der Waals surface area contributed by atoms with E-state index in [2.05, 4.69) is 16.7 Å². The molecule has 6 heteroatoms. The lowest BCUT2D eigenvalue weighted by Crippen LogP contribution is -2.42. The predicted octanol–water partition coefficient (Wildman–Crippen LogP) is 3.39. The van der Waals surface area contributed by atoms with Gasteiger partial charge in [-0.05, 0) is 55.7 Å². The van der Waals surface area contributed by atoms with Crippen molar-refractivity contribution in [1.82, 2.24) is 10.6 Å². The molecule has 1 aromatic carbocycles. The number of nitriles is 1. The molecule has 1 amide bonds. The summed E-state index contributed by atoms with van der Waals surface area (Å²) in [5, 5.41) is 15.6.